The fourth-order valence-corrected chi connectivity index (χ4v) is 14.2. The zero-order valence-corrected chi connectivity index (χ0v) is 70.3. The van der Waals surface area contributed by atoms with Crippen molar-refractivity contribution in [2.45, 2.75) is 419 Å². The first-order valence-electron chi connectivity index (χ1n) is 43.6. The van der Waals surface area contributed by atoms with Gasteiger partial charge in [0.1, 0.15) is 6.10 Å². The van der Waals surface area contributed by atoms with Crippen molar-refractivity contribution >= 4 is 39.7 Å². The lowest BCUT2D eigenvalue weighted by atomic mass is 10.1. The first kappa shape index (κ1) is 103. The first-order valence-corrected chi connectivity index (χ1v) is 46.5. The first-order chi connectivity index (χ1) is 51.5. The number of urea groups is 3. The van der Waals surface area contributed by atoms with E-state index in [9.17, 15) is 43.2 Å². The summed E-state index contributed by atoms with van der Waals surface area (Å²) in [7, 11) is -9.44. The van der Waals surface area contributed by atoms with Crippen LogP contribution in [0.3, 0.4) is 0 Å². The highest BCUT2D eigenvalue weighted by Gasteiger charge is 2.27. The Kier molecular flexibility index (Phi) is 75.7. The van der Waals surface area contributed by atoms with Crippen molar-refractivity contribution in [3.63, 3.8) is 0 Å². The Morgan fingerprint density at radius 3 is 0.962 bits per heavy atom. The summed E-state index contributed by atoms with van der Waals surface area (Å²) in [6, 6.07) is -3.39. The Balaban J connectivity index is 5.56. The molecule has 9 N–H and O–H groups in total. The topological polar surface area (TPSA) is 309 Å². The molecule has 106 heavy (non-hydrogen) atoms. The quantitative estimate of drug-likeness (QED) is 0.0118. The maximum absolute atomic E-state index is 13.2. The summed E-state index contributed by atoms with van der Waals surface area (Å²) in [6.45, 7) is 12.3. The van der Waals surface area contributed by atoms with Crippen LogP contribution in [0.15, 0.2) is 0 Å². The molecule has 0 aromatic heterocycles. The van der Waals surface area contributed by atoms with Gasteiger partial charge in [-0.3, -0.25) is 22.9 Å². The Labute approximate surface area is 646 Å². The molecule has 6 amide bonds. The number of carbonyl (C=O) groups excluding carboxylic acids is 4. The van der Waals surface area contributed by atoms with Crippen LogP contribution in [-0.4, -0.2) is 149 Å². The number of hydrogen-bond acceptors (Lipinski definition) is 15. The molecule has 0 rings (SSSR count). The van der Waals surface area contributed by atoms with Gasteiger partial charge in [0.25, 0.3) is 0 Å². The molecule has 0 spiro atoms. The Morgan fingerprint density at radius 2 is 0.604 bits per heavy atom. The molecule has 23 nitrogen and oxygen atoms in total. The standard InChI is InChI=1S/C81H164N6O17P2/c1-7-13-19-25-29-33-37-41-47-53-61-82-80(91)86-73(69-97-65-59-75(55-49-43-23-17-11-5)103-77(88)57-51-45-39-35-31-27-21-15-9-3)71-101-105(93,94)99-67-63-84-79(90)85-64-68-100-106(95,96)102-72-74(87-81(92)83-62-54-48-42-38-34-30-26-20-14-8-2)70-98-66-60-76(56-50-44-24-18-12-6)104-78(89)58-52-46-40-36-32-28-22-16-10-4/h73-77,88H,7-72H2,1-6H3,(H,93,94)(H,95,96)(H2,82,86,91)(H2,83,87,92)(H2,84,85,90). The highest BCUT2D eigenvalue weighted by Crippen LogP contribution is 2.44. The van der Waals surface area contributed by atoms with Gasteiger partial charge in [0.15, 0.2) is 6.29 Å². The van der Waals surface area contributed by atoms with Crippen LogP contribution in [0.5, 0.6) is 0 Å². The number of aliphatic hydroxyl groups is 1. The number of carbonyl (C=O) groups is 4. The summed E-state index contributed by atoms with van der Waals surface area (Å²) in [5.41, 5.74) is 0. The number of amides is 6. The van der Waals surface area contributed by atoms with E-state index in [1.165, 1.54) is 167 Å². The van der Waals surface area contributed by atoms with Crippen molar-refractivity contribution in [3.05, 3.63) is 0 Å². The number of esters is 1. The number of phosphoric ester groups is 2. The fraction of sp³-hybridized carbons (Fsp3) is 0.951. The predicted octanol–water partition coefficient (Wildman–Crippen LogP) is 20.7. The second kappa shape index (κ2) is 77.7. The minimum absolute atomic E-state index is 0.0501. The second-order valence-corrected chi connectivity index (χ2v) is 32.5. The van der Waals surface area contributed by atoms with Gasteiger partial charge in [0.2, 0.25) is 0 Å². The average molecular weight is 1560 g/mol. The van der Waals surface area contributed by atoms with Gasteiger partial charge in [-0.25, -0.2) is 23.5 Å². The van der Waals surface area contributed by atoms with E-state index in [0.29, 0.717) is 45.2 Å². The molecular weight excluding hydrogens is 1390 g/mol. The molecule has 0 bridgehead atoms. The minimum atomic E-state index is -4.72. The van der Waals surface area contributed by atoms with Gasteiger partial charge >= 0.3 is 39.7 Å². The number of rotatable bonds is 83. The number of phosphoric acid groups is 2. The zero-order valence-electron chi connectivity index (χ0n) is 68.5. The fourth-order valence-electron chi connectivity index (χ4n) is 12.6. The molecule has 7 atom stereocenters. The SMILES string of the molecule is CCCCCCCCCCCCNC(=O)NC(COCCC(CCCCCCC)OC(=O)CCCCCCCCCCC)COP(=O)(O)OCCNC(=O)NCCOP(=O)(O)OCC(COCCC(CCCCCCC)OC(O)CCCCCCCCCCC)NC(=O)NCCCCCCCCCCCC. The lowest BCUT2D eigenvalue weighted by Crippen LogP contribution is -2.46. The summed E-state index contributed by atoms with van der Waals surface area (Å²) < 4.78 is 71.7. The molecule has 0 heterocycles. The van der Waals surface area contributed by atoms with Gasteiger partial charge < -0.3 is 65.7 Å². The van der Waals surface area contributed by atoms with Crippen molar-refractivity contribution in [2.24, 2.45) is 0 Å². The van der Waals surface area contributed by atoms with Crippen molar-refractivity contribution in [1.82, 2.24) is 31.9 Å². The average Bonchev–Trinajstić information content (AvgIpc) is 0.919. The van der Waals surface area contributed by atoms with Crippen LogP contribution in [-0.2, 0) is 51.0 Å². The predicted molar refractivity (Wildman–Crippen MR) is 431 cm³/mol. The van der Waals surface area contributed by atoms with Gasteiger partial charge in [-0.15, -0.1) is 0 Å². The van der Waals surface area contributed by atoms with Crippen LogP contribution < -0.4 is 31.9 Å². The van der Waals surface area contributed by atoms with Crippen molar-refractivity contribution in [2.75, 3.05) is 79.0 Å². The van der Waals surface area contributed by atoms with Gasteiger partial charge in [0, 0.05) is 45.6 Å². The monoisotopic (exact) mass is 1560 g/mol. The molecule has 0 radical (unpaired) electrons. The van der Waals surface area contributed by atoms with E-state index >= 15 is 0 Å². The van der Waals surface area contributed by atoms with E-state index in [1.807, 2.05) is 0 Å². The summed E-state index contributed by atoms with van der Waals surface area (Å²) in [6.07, 6.45) is 57.1. The van der Waals surface area contributed by atoms with Gasteiger partial charge in [-0.1, -0.05) is 318 Å². The third-order valence-electron chi connectivity index (χ3n) is 19.2. The van der Waals surface area contributed by atoms with Crippen LogP contribution in [0.2, 0.25) is 0 Å². The Bertz CT molecular complexity index is 2060. The smallest absolute Gasteiger partial charge is 0.462 e. The second-order valence-electron chi connectivity index (χ2n) is 29.6. The van der Waals surface area contributed by atoms with Crippen LogP contribution in [0.25, 0.3) is 0 Å². The number of hydrogen-bond donors (Lipinski definition) is 9. The van der Waals surface area contributed by atoms with Crippen LogP contribution in [0.4, 0.5) is 14.4 Å². The third-order valence-corrected chi connectivity index (χ3v) is 21.2. The molecule has 7 unspecified atom stereocenters. The molecule has 0 aliphatic heterocycles. The maximum atomic E-state index is 13.2. The minimum Gasteiger partial charge on any atom is -0.462 e. The van der Waals surface area contributed by atoms with Crippen LogP contribution in [0, 0.1) is 0 Å². The van der Waals surface area contributed by atoms with Gasteiger partial charge in [-0.05, 0) is 57.8 Å². The van der Waals surface area contributed by atoms with Crippen molar-refractivity contribution < 1.29 is 80.2 Å². The molecule has 0 aliphatic rings. The largest absolute Gasteiger partial charge is 0.472 e. The zero-order chi connectivity index (χ0) is 77.8. The molecule has 25 heteroatoms. The lowest BCUT2D eigenvalue weighted by Gasteiger charge is -2.23. The highest BCUT2D eigenvalue weighted by atomic mass is 31.2. The molecule has 0 aliphatic carbocycles. The van der Waals surface area contributed by atoms with Gasteiger partial charge in [0.05, 0.1) is 64.4 Å². The van der Waals surface area contributed by atoms with E-state index in [0.717, 1.165) is 148 Å². The highest BCUT2D eigenvalue weighted by molar-refractivity contribution is 7.47. The Morgan fingerprint density at radius 1 is 0.311 bits per heavy atom. The van der Waals surface area contributed by atoms with E-state index < -0.39 is 78.5 Å². The molecule has 0 fully saturated rings. The van der Waals surface area contributed by atoms with E-state index in [-0.39, 0.29) is 57.7 Å². The summed E-state index contributed by atoms with van der Waals surface area (Å²) in [5.74, 6) is -0.202. The van der Waals surface area contributed by atoms with E-state index in [1.54, 1.807) is 0 Å². The summed E-state index contributed by atoms with van der Waals surface area (Å²) in [5, 5.41) is 27.3. The maximum Gasteiger partial charge on any atom is 0.472 e. The number of nitrogens with one attached hydrogen (secondary N) is 6. The Hall–Kier alpha value is -2.66. The molecule has 0 aromatic carbocycles. The summed E-state index contributed by atoms with van der Waals surface area (Å²) in [4.78, 5) is 73.5. The summed E-state index contributed by atoms with van der Waals surface area (Å²) >= 11 is 0. The molecular formula is C81H164N6O17P2. The van der Waals surface area contributed by atoms with Crippen LogP contribution in [0.1, 0.15) is 388 Å². The third kappa shape index (κ3) is 74.1. The lowest BCUT2D eigenvalue weighted by molar-refractivity contribution is -0.150. The molecule has 630 valence electrons. The number of aliphatic hydroxyl groups excluding tert-OH is 1. The van der Waals surface area contributed by atoms with E-state index in [4.69, 9.17) is 37.0 Å². The van der Waals surface area contributed by atoms with Crippen molar-refractivity contribution in [3.8, 4) is 0 Å². The normalized spacial score (nSPS) is 14.2. The van der Waals surface area contributed by atoms with E-state index in [2.05, 4.69) is 73.4 Å². The number of ether oxygens (including phenoxy) is 4. The molecule has 0 saturated carbocycles. The van der Waals surface area contributed by atoms with Crippen molar-refractivity contribution in [1.29, 1.82) is 0 Å². The van der Waals surface area contributed by atoms with Gasteiger partial charge in [-0.2, -0.15) is 0 Å². The molecule has 0 aromatic rings. The number of unbranched alkanes of at least 4 members (excludes halogenated alkanes) is 42. The molecule has 0 saturated heterocycles. The van der Waals surface area contributed by atoms with Crippen LogP contribution >= 0.6 is 15.6 Å².